The van der Waals surface area contributed by atoms with Crippen LogP contribution in [0.25, 0.3) is 0 Å². The van der Waals surface area contributed by atoms with Crippen molar-refractivity contribution in [2.45, 2.75) is 19.9 Å². The van der Waals surface area contributed by atoms with Gasteiger partial charge in [-0.2, -0.15) is 0 Å². The number of hydrogen-bond donors (Lipinski definition) is 1. The van der Waals surface area contributed by atoms with Crippen molar-refractivity contribution in [2.75, 3.05) is 0 Å². The fourth-order valence-electron chi connectivity index (χ4n) is 2.01. The fourth-order valence-corrected chi connectivity index (χ4v) is 2.73. The molecule has 2 heteroatoms. The van der Waals surface area contributed by atoms with Crippen molar-refractivity contribution in [3.05, 3.63) is 68.3 Å². The topological polar surface area (TPSA) is 26.0 Å². The van der Waals surface area contributed by atoms with Crippen LogP contribution in [0.15, 0.2) is 42.5 Å². The molecule has 1 unspecified atom stereocenters. The van der Waals surface area contributed by atoms with Gasteiger partial charge in [-0.15, -0.1) is 0 Å². The average molecular weight is 337 g/mol. The van der Waals surface area contributed by atoms with E-state index in [4.69, 9.17) is 5.73 Å². The second-order valence-electron chi connectivity index (χ2n) is 4.29. The second-order valence-corrected chi connectivity index (χ2v) is 5.45. The smallest absolute Gasteiger partial charge is 0.0564 e. The molecule has 0 aliphatic rings. The van der Waals surface area contributed by atoms with Gasteiger partial charge in [0.1, 0.15) is 0 Å². The zero-order chi connectivity index (χ0) is 12.4. The van der Waals surface area contributed by atoms with E-state index in [2.05, 4.69) is 66.8 Å². The summed E-state index contributed by atoms with van der Waals surface area (Å²) < 4.78 is 1.22. The van der Waals surface area contributed by atoms with Gasteiger partial charge in [-0.1, -0.05) is 36.4 Å². The van der Waals surface area contributed by atoms with Crippen LogP contribution in [0.5, 0.6) is 0 Å². The Kier molecular flexibility index (Phi) is 3.84. The van der Waals surface area contributed by atoms with Crippen LogP contribution in [0.3, 0.4) is 0 Å². The molecule has 2 aromatic rings. The highest BCUT2D eigenvalue weighted by Crippen LogP contribution is 2.27. The third-order valence-electron chi connectivity index (χ3n) is 3.22. The molecular weight excluding hydrogens is 321 g/mol. The Morgan fingerprint density at radius 2 is 1.59 bits per heavy atom. The third-order valence-corrected chi connectivity index (χ3v) is 4.20. The molecule has 0 heterocycles. The lowest BCUT2D eigenvalue weighted by molar-refractivity contribution is 0.853. The molecule has 2 aromatic carbocycles. The van der Waals surface area contributed by atoms with Gasteiger partial charge in [-0.05, 0) is 64.8 Å². The predicted octanol–water partition coefficient (Wildman–Crippen LogP) is 3.96. The fraction of sp³-hybridized carbons (Fsp3) is 0.200. The standard InChI is InChI=1S/C15H16IN/c1-10-6-5-8-12(11(10)2)15(17)13-7-3-4-9-14(13)16/h3-9,15H,17H2,1-2H3. The molecule has 0 saturated heterocycles. The minimum atomic E-state index is -0.0389. The predicted molar refractivity (Wildman–Crippen MR) is 81.1 cm³/mol. The van der Waals surface area contributed by atoms with E-state index in [-0.39, 0.29) is 6.04 Å². The maximum atomic E-state index is 6.38. The quantitative estimate of drug-likeness (QED) is 0.825. The molecule has 1 atom stereocenters. The molecule has 0 aliphatic carbocycles. The second kappa shape index (κ2) is 5.19. The van der Waals surface area contributed by atoms with Gasteiger partial charge in [0, 0.05) is 3.57 Å². The lowest BCUT2D eigenvalue weighted by Crippen LogP contribution is -2.15. The van der Waals surface area contributed by atoms with Crippen molar-refractivity contribution in [1.82, 2.24) is 0 Å². The molecule has 0 spiro atoms. The van der Waals surface area contributed by atoms with E-state index in [1.54, 1.807) is 0 Å². The van der Waals surface area contributed by atoms with E-state index < -0.39 is 0 Å². The van der Waals surface area contributed by atoms with Crippen LogP contribution < -0.4 is 5.73 Å². The van der Waals surface area contributed by atoms with E-state index in [9.17, 15) is 0 Å². The summed E-state index contributed by atoms with van der Waals surface area (Å²) in [6.45, 7) is 4.27. The molecule has 0 fully saturated rings. The summed E-state index contributed by atoms with van der Waals surface area (Å²) in [6, 6.07) is 14.6. The largest absolute Gasteiger partial charge is 0.320 e. The highest BCUT2D eigenvalue weighted by molar-refractivity contribution is 14.1. The number of nitrogens with two attached hydrogens (primary N) is 1. The van der Waals surface area contributed by atoms with E-state index >= 15 is 0 Å². The number of hydrogen-bond acceptors (Lipinski definition) is 1. The van der Waals surface area contributed by atoms with Gasteiger partial charge in [-0.3, -0.25) is 0 Å². The molecule has 88 valence electrons. The number of benzene rings is 2. The maximum absolute atomic E-state index is 6.38. The van der Waals surface area contributed by atoms with Gasteiger partial charge in [0.2, 0.25) is 0 Å². The first kappa shape index (κ1) is 12.6. The van der Waals surface area contributed by atoms with Crippen molar-refractivity contribution in [2.24, 2.45) is 5.73 Å². The van der Waals surface area contributed by atoms with Crippen molar-refractivity contribution < 1.29 is 0 Å². The Morgan fingerprint density at radius 1 is 0.941 bits per heavy atom. The lowest BCUT2D eigenvalue weighted by atomic mass is 9.93. The molecule has 1 nitrogen and oxygen atoms in total. The monoisotopic (exact) mass is 337 g/mol. The first-order valence-corrected chi connectivity index (χ1v) is 6.75. The van der Waals surface area contributed by atoms with Crippen molar-refractivity contribution >= 4 is 22.6 Å². The average Bonchev–Trinajstić information content (AvgIpc) is 2.32. The minimum absolute atomic E-state index is 0.0389. The Labute approximate surface area is 116 Å². The van der Waals surface area contributed by atoms with Crippen LogP contribution in [0, 0.1) is 17.4 Å². The molecule has 0 amide bonds. The van der Waals surface area contributed by atoms with Crippen molar-refractivity contribution in [1.29, 1.82) is 0 Å². The molecular formula is C15H16IN. The van der Waals surface area contributed by atoms with Gasteiger partial charge in [0.25, 0.3) is 0 Å². The first-order valence-electron chi connectivity index (χ1n) is 5.67. The van der Waals surface area contributed by atoms with E-state index in [1.807, 2.05) is 12.1 Å². The Morgan fingerprint density at radius 3 is 2.29 bits per heavy atom. The molecule has 0 saturated carbocycles. The minimum Gasteiger partial charge on any atom is -0.320 e. The molecule has 17 heavy (non-hydrogen) atoms. The summed E-state index contributed by atoms with van der Waals surface area (Å²) in [7, 11) is 0. The zero-order valence-electron chi connectivity index (χ0n) is 10.1. The van der Waals surface area contributed by atoms with Gasteiger partial charge < -0.3 is 5.73 Å². The summed E-state index contributed by atoms with van der Waals surface area (Å²) in [5.74, 6) is 0. The Bertz CT molecular complexity index is 534. The summed E-state index contributed by atoms with van der Waals surface area (Å²) in [5, 5.41) is 0. The van der Waals surface area contributed by atoms with Crippen LogP contribution in [-0.2, 0) is 0 Å². The summed E-state index contributed by atoms with van der Waals surface area (Å²) in [6.07, 6.45) is 0. The van der Waals surface area contributed by atoms with Gasteiger partial charge in [-0.25, -0.2) is 0 Å². The highest BCUT2D eigenvalue weighted by Gasteiger charge is 2.14. The lowest BCUT2D eigenvalue weighted by Gasteiger charge is -2.17. The summed E-state index contributed by atoms with van der Waals surface area (Å²) >= 11 is 2.34. The summed E-state index contributed by atoms with van der Waals surface area (Å²) in [4.78, 5) is 0. The molecule has 2 N–H and O–H groups in total. The third kappa shape index (κ3) is 2.53. The van der Waals surface area contributed by atoms with E-state index in [1.165, 1.54) is 25.8 Å². The van der Waals surface area contributed by atoms with Crippen LogP contribution >= 0.6 is 22.6 Å². The van der Waals surface area contributed by atoms with Gasteiger partial charge >= 0.3 is 0 Å². The van der Waals surface area contributed by atoms with E-state index in [0.29, 0.717) is 0 Å². The van der Waals surface area contributed by atoms with Crippen LogP contribution in [0.1, 0.15) is 28.3 Å². The number of halogens is 1. The normalized spacial score (nSPS) is 12.5. The number of rotatable bonds is 2. The van der Waals surface area contributed by atoms with Crippen molar-refractivity contribution in [3.8, 4) is 0 Å². The van der Waals surface area contributed by atoms with Crippen LogP contribution in [-0.4, -0.2) is 0 Å². The molecule has 0 bridgehead atoms. The Balaban J connectivity index is 2.48. The molecule has 2 rings (SSSR count). The molecule has 0 aromatic heterocycles. The summed E-state index contributed by atoms with van der Waals surface area (Å²) in [5.41, 5.74) is 11.4. The van der Waals surface area contributed by atoms with Crippen molar-refractivity contribution in [3.63, 3.8) is 0 Å². The zero-order valence-corrected chi connectivity index (χ0v) is 12.2. The van der Waals surface area contributed by atoms with Gasteiger partial charge in [0.05, 0.1) is 6.04 Å². The first-order chi connectivity index (χ1) is 8.11. The molecule has 0 aliphatic heterocycles. The Hall–Kier alpha value is -0.870. The maximum Gasteiger partial charge on any atom is 0.0564 e. The SMILES string of the molecule is Cc1cccc(C(N)c2ccccc2I)c1C. The molecule has 0 radical (unpaired) electrons. The highest BCUT2D eigenvalue weighted by atomic mass is 127. The van der Waals surface area contributed by atoms with Gasteiger partial charge in [0.15, 0.2) is 0 Å². The van der Waals surface area contributed by atoms with Crippen LogP contribution in [0.4, 0.5) is 0 Å². The number of aryl methyl sites for hydroxylation is 1. The van der Waals surface area contributed by atoms with Crippen LogP contribution in [0.2, 0.25) is 0 Å². The van der Waals surface area contributed by atoms with E-state index in [0.717, 1.165) is 0 Å².